The number of para-hydroxylation sites is 1. The molecule has 1 aliphatic carbocycles. The fraction of sp³-hybridized carbons (Fsp3) is 0.647. The van der Waals surface area contributed by atoms with Crippen LogP contribution in [0.2, 0.25) is 0 Å². The maximum absolute atomic E-state index is 6.34. The molecule has 2 N–H and O–H groups in total. The molecule has 0 spiro atoms. The van der Waals surface area contributed by atoms with E-state index in [-0.39, 0.29) is 5.41 Å². The number of nitrogens with two attached hydrogens (primary N) is 1. The van der Waals surface area contributed by atoms with Crippen LogP contribution in [0.4, 0.5) is 0 Å². The van der Waals surface area contributed by atoms with Crippen molar-refractivity contribution in [3.05, 3.63) is 29.8 Å². The number of rotatable bonds is 3. The first-order valence-corrected chi connectivity index (χ1v) is 7.48. The predicted molar refractivity (Wildman–Crippen MR) is 80.6 cm³/mol. The minimum Gasteiger partial charge on any atom is -0.490 e. The first-order chi connectivity index (χ1) is 9.02. The molecule has 0 aromatic heterocycles. The molecule has 2 heteroatoms. The lowest BCUT2D eigenvalue weighted by molar-refractivity contribution is 0.0950. The van der Waals surface area contributed by atoms with Gasteiger partial charge in [-0.3, -0.25) is 0 Å². The van der Waals surface area contributed by atoms with Gasteiger partial charge in [0.25, 0.3) is 0 Å². The summed E-state index contributed by atoms with van der Waals surface area (Å²) in [5.74, 6) is 1.56. The highest BCUT2D eigenvalue weighted by molar-refractivity contribution is 5.38. The number of ether oxygens (including phenoxy) is 1. The highest BCUT2D eigenvalue weighted by Gasteiger charge is 2.27. The van der Waals surface area contributed by atoms with Crippen molar-refractivity contribution in [2.24, 2.45) is 11.7 Å². The Morgan fingerprint density at radius 2 is 1.84 bits per heavy atom. The van der Waals surface area contributed by atoms with Gasteiger partial charge in [-0.05, 0) is 42.9 Å². The summed E-state index contributed by atoms with van der Waals surface area (Å²) >= 11 is 0. The molecule has 0 amide bonds. The van der Waals surface area contributed by atoms with Crippen molar-refractivity contribution >= 4 is 0 Å². The Labute approximate surface area is 117 Å². The molecule has 1 saturated carbocycles. The van der Waals surface area contributed by atoms with Crippen LogP contribution in [0.1, 0.15) is 52.0 Å². The van der Waals surface area contributed by atoms with Crippen molar-refractivity contribution in [3.63, 3.8) is 0 Å². The summed E-state index contributed by atoms with van der Waals surface area (Å²) in [7, 11) is 0. The Kier molecular flexibility index (Phi) is 4.51. The zero-order valence-electron chi connectivity index (χ0n) is 12.5. The van der Waals surface area contributed by atoms with Gasteiger partial charge in [0.1, 0.15) is 11.9 Å². The van der Waals surface area contributed by atoms with Gasteiger partial charge < -0.3 is 10.5 Å². The second-order valence-corrected chi connectivity index (χ2v) is 6.68. The lowest BCUT2D eigenvalue weighted by atomic mass is 9.85. The quantitative estimate of drug-likeness (QED) is 0.896. The number of hydrogen-bond acceptors (Lipinski definition) is 2. The average molecular weight is 261 g/mol. The summed E-state index contributed by atoms with van der Waals surface area (Å²) in [6, 6.07) is 8.43. The third-order valence-electron chi connectivity index (χ3n) is 4.12. The van der Waals surface area contributed by atoms with Crippen LogP contribution in [-0.4, -0.2) is 12.6 Å². The zero-order chi connectivity index (χ0) is 13.9. The van der Waals surface area contributed by atoms with Crippen LogP contribution in [0.3, 0.4) is 0 Å². The largest absolute Gasteiger partial charge is 0.490 e. The van der Waals surface area contributed by atoms with Crippen LogP contribution < -0.4 is 10.5 Å². The summed E-state index contributed by atoms with van der Waals surface area (Å²) in [5, 5.41) is 0. The van der Waals surface area contributed by atoms with Gasteiger partial charge in [-0.1, -0.05) is 45.4 Å². The molecular formula is C17H27NO. The van der Waals surface area contributed by atoms with Gasteiger partial charge in [-0.15, -0.1) is 0 Å². The number of hydrogen-bond donors (Lipinski definition) is 1. The molecule has 1 aromatic carbocycles. The fourth-order valence-electron chi connectivity index (χ4n) is 2.95. The van der Waals surface area contributed by atoms with Gasteiger partial charge in [-0.2, -0.15) is 0 Å². The molecule has 0 aliphatic heterocycles. The summed E-state index contributed by atoms with van der Waals surface area (Å²) in [6.07, 6.45) is 5.20. The van der Waals surface area contributed by atoms with E-state index in [1.807, 2.05) is 0 Å². The molecule has 1 fully saturated rings. The first kappa shape index (κ1) is 14.4. The van der Waals surface area contributed by atoms with E-state index in [0.717, 1.165) is 18.7 Å². The van der Waals surface area contributed by atoms with Gasteiger partial charge in [0.15, 0.2) is 0 Å². The topological polar surface area (TPSA) is 35.2 Å². The summed E-state index contributed by atoms with van der Waals surface area (Å²) in [4.78, 5) is 0. The Morgan fingerprint density at radius 1 is 1.16 bits per heavy atom. The van der Waals surface area contributed by atoms with Crippen LogP contribution in [0.15, 0.2) is 24.3 Å². The number of benzene rings is 1. The molecule has 2 unspecified atom stereocenters. The van der Waals surface area contributed by atoms with E-state index in [0.29, 0.717) is 12.0 Å². The Balaban J connectivity index is 2.18. The molecule has 2 nitrogen and oxygen atoms in total. The minimum atomic E-state index is 0.115. The van der Waals surface area contributed by atoms with E-state index in [1.165, 1.54) is 24.8 Å². The molecule has 19 heavy (non-hydrogen) atoms. The van der Waals surface area contributed by atoms with Crippen molar-refractivity contribution in [3.8, 4) is 5.75 Å². The molecule has 2 rings (SSSR count). The molecule has 106 valence electrons. The van der Waals surface area contributed by atoms with E-state index in [2.05, 4.69) is 45.0 Å². The molecule has 2 atom stereocenters. The monoisotopic (exact) mass is 261 g/mol. The smallest absolute Gasteiger partial charge is 0.123 e. The Bertz CT molecular complexity index is 408. The van der Waals surface area contributed by atoms with Crippen molar-refractivity contribution in [1.82, 2.24) is 0 Å². The van der Waals surface area contributed by atoms with Gasteiger partial charge in [0.2, 0.25) is 0 Å². The van der Waals surface area contributed by atoms with E-state index in [9.17, 15) is 0 Å². The molecule has 1 aromatic rings. The zero-order valence-corrected chi connectivity index (χ0v) is 12.5. The van der Waals surface area contributed by atoms with Crippen molar-refractivity contribution in [2.45, 2.75) is 58.0 Å². The molecular weight excluding hydrogens is 234 g/mol. The standard InChI is InChI=1S/C17H27NO/c1-17(2,3)14-9-5-7-11-16(14)19-15-10-6-4-8-13(15)12-18/h5,7,9,11,13,15H,4,6,8,10,12,18H2,1-3H3. The summed E-state index contributed by atoms with van der Waals surface area (Å²) in [6.45, 7) is 7.44. The van der Waals surface area contributed by atoms with Crippen molar-refractivity contribution < 1.29 is 4.74 Å². The van der Waals surface area contributed by atoms with E-state index < -0.39 is 0 Å². The lowest BCUT2D eigenvalue weighted by Gasteiger charge is -2.33. The Hall–Kier alpha value is -1.02. The lowest BCUT2D eigenvalue weighted by Crippen LogP contribution is -2.35. The second-order valence-electron chi connectivity index (χ2n) is 6.68. The van der Waals surface area contributed by atoms with E-state index in [1.54, 1.807) is 0 Å². The van der Waals surface area contributed by atoms with Gasteiger partial charge in [-0.25, -0.2) is 0 Å². The average Bonchev–Trinajstić information content (AvgIpc) is 2.39. The van der Waals surface area contributed by atoms with Crippen LogP contribution in [-0.2, 0) is 5.41 Å². The third-order valence-corrected chi connectivity index (χ3v) is 4.12. The minimum absolute atomic E-state index is 0.115. The molecule has 0 saturated heterocycles. The molecule has 0 bridgehead atoms. The predicted octanol–water partition coefficient (Wildman–Crippen LogP) is 3.88. The highest BCUT2D eigenvalue weighted by Crippen LogP contribution is 2.34. The van der Waals surface area contributed by atoms with Gasteiger partial charge >= 0.3 is 0 Å². The second kappa shape index (κ2) is 5.96. The van der Waals surface area contributed by atoms with Gasteiger partial charge in [0, 0.05) is 5.92 Å². The highest BCUT2D eigenvalue weighted by atomic mass is 16.5. The van der Waals surface area contributed by atoms with Crippen LogP contribution >= 0.6 is 0 Å². The third kappa shape index (κ3) is 3.50. The van der Waals surface area contributed by atoms with Crippen molar-refractivity contribution in [2.75, 3.05) is 6.54 Å². The first-order valence-electron chi connectivity index (χ1n) is 7.48. The maximum Gasteiger partial charge on any atom is 0.123 e. The summed E-state index contributed by atoms with van der Waals surface area (Å²) in [5.41, 5.74) is 7.29. The van der Waals surface area contributed by atoms with Crippen LogP contribution in [0.5, 0.6) is 5.75 Å². The van der Waals surface area contributed by atoms with E-state index in [4.69, 9.17) is 10.5 Å². The maximum atomic E-state index is 6.34. The molecule has 0 radical (unpaired) electrons. The Morgan fingerprint density at radius 3 is 2.53 bits per heavy atom. The van der Waals surface area contributed by atoms with Crippen molar-refractivity contribution in [1.29, 1.82) is 0 Å². The normalized spacial score (nSPS) is 24.2. The van der Waals surface area contributed by atoms with Crippen LogP contribution in [0, 0.1) is 5.92 Å². The van der Waals surface area contributed by atoms with E-state index >= 15 is 0 Å². The molecule has 0 heterocycles. The summed E-state index contributed by atoms with van der Waals surface area (Å²) < 4.78 is 6.34. The SMILES string of the molecule is CC(C)(C)c1ccccc1OC1CCCCC1CN. The van der Waals surface area contributed by atoms with Gasteiger partial charge in [0.05, 0.1) is 0 Å². The molecule has 1 aliphatic rings. The fourth-order valence-corrected chi connectivity index (χ4v) is 2.95. The van der Waals surface area contributed by atoms with Crippen LogP contribution in [0.25, 0.3) is 0 Å².